The van der Waals surface area contributed by atoms with Gasteiger partial charge in [0.05, 0.1) is 0 Å². The molecular weight excluding hydrogens is 415 g/mol. The van der Waals surface area contributed by atoms with E-state index in [1.54, 1.807) is 0 Å². The number of alkyl halides is 2. The van der Waals surface area contributed by atoms with Crippen molar-refractivity contribution in [2.24, 2.45) is 0 Å². The lowest BCUT2D eigenvalue weighted by molar-refractivity contribution is 0.530. The maximum Gasteiger partial charge on any atom is 0.157 e. The Morgan fingerprint density at radius 2 is 1.26 bits per heavy atom. The maximum absolute atomic E-state index is 8.87. The molecule has 164 valence electrons. The van der Waals surface area contributed by atoms with Crippen molar-refractivity contribution in [2.75, 3.05) is 11.6 Å². The molecule has 0 aromatic rings. The number of thiocarbonyl (C=S) groups is 1. The molecule has 1 unspecified atom stereocenters. The van der Waals surface area contributed by atoms with Crippen LogP contribution in [0, 0.1) is 0 Å². The molecule has 0 aromatic heterocycles. The Morgan fingerprint density at radius 1 is 0.815 bits per heavy atom. The van der Waals surface area contributed by atoms with Crippen LogP contribution in [0.3, 0.4) is 0 Å². The molecule has 0 amide bonds. The molecule has 0 aliphatic carbocycles. The number of aliphatic hydroxyl groups excluding tert-OH is 1. The van der Waals surface area contributed by atoms with Crippen molar-refractivity contribution in [1.82, 2.24) is 0 Å². The molecule has 0 saturated carbocycles. The van der Waals surface area contributed by atoms with Gasteiger partial charge in [-0.05, 0) is 37.2 Å². The van der Waals surface area contributed by atoms with Crippen molar-refractivity contribution in [3.63, 3.8) is 0 Å². The summed E-state index contributed by atoms with van der Waals surface area (Å²) in [5, 5.41) is 8.94. The van der Waals surface area contributed by atoms with Gasteiger partial charge in [-0.3, -0.25) is 0 Å². The molecule has 0 fully saturated rings. The molecule has 1 nitrogen and oxygen atoms in total. The fraction of sp³-hybridized carbons (Fsp3) is 0.955. The highest BCUT2D eigenvalue weighted by Crippen LogP contribution is 2.15. The molecule has 0 heterocycles. The molecule has 0 saturated heterocycles. The van der Waals surface area contributed by atoms with Gasteiger partial charge in [0.2, 0.25) is 0 Å². The summed E-state index contributed by atoms with van der Waals surface area (Å²) in [5.74, 6) is 1.88. The van der Waals surface area contributed by atoms with Crippen LogP contribution in [-0.4, -0.2) is 27.2 Å². The Hall–Kier alpha value is 0.820. The largest absolute Gasteiger partial charge is 0.502 e. The molecule has 0 aromatic carbocycles. The number of aliphatic hydroxyl groups is 1. The van der Waals surface area contributed by atoms with Crippen LogP contribution in [0.4, 0.5) is 0 Å². The quantitative estimate of drug-likeness (QED) is 0.0868. The van der Waals surface area contributed by atoms with Crippen molar-refractivity contribution in [1.29, 1.82) is 0 Å². The molecule has 0 aliphatic rings. The van der Waals surface area contributed by atoms with Gasteiger partial charge in [0.1, 0.15) is 0 Å². The van der Waals surface area contributed by atoms with E-state index >= 15 is 0 Å². The minimum Gasteiger partial charge on any atom is -0.502 e. The fourth-order valence-electron chi connectivity index (χ4n) is 2.88. The lowest BCUT2D eigenvalue weighted by atomic mass is 10.1. The van der Waals surface area contributed by atoms with E-state index in [4.69, 9.17) is 28.3 Å². The molecular formula is C22H44Cl2OS2. The minimum absolute atomic E-state index is 0.0261. The van der Waals surface area contributed by atoms with E-state index in [1.807, 2.05) is 0 Å². The van der Waals surface area contributed by atoms with Crippen LogP contribution >= 0.6 is 48.0 Å². The van der Waals surface area contributed by atoms with E-state index in [0.717, 1.165) is 24.5 Å². The van der Waals surface area contributed by atoms with Crippen LogP contribution in [-0.2, 0) is 0 Å². The van der Waals surface area contributed by atoms with Gasteiger partial charge in [0.25, 0.3) is 0 Å². The molecule has 5 heteroatoms. The Balaban J connectivity index is 0. The van der Waals surface area contributed by atoms with Crippen molar-refractivity contribution < 1.29 is 5.11 Å². The van der Waals surface area contributed by atoms with Crippen LogP contribution in [0.2, 0.25) is 0 Å². The second-order valence-electron chi connectivity index (χ2n) is 7.35. The summed E-state index contributed by atoms with van der Waals surface area (Å²) >= 11 is 20.3. The maximum atomic E-state index is 8.87. The molecule has 0 aliphatic heterocycles. The minimum atomic E-state index is 0.0261. The highest BCUT2D eigenvalue weighted by atomic mass is 35.5. The Kier molecular flexibility index (Phi) is 29.8. The first-order chi connectivity index (χ1) is 13.1. The van der Waals surface area contributed by atoms with Crippen LogP contribution in [0.25, 0.3) is 0 Å². The number of halogens is 2. The summed E-state index contributed by atoms with van der Waals surface area (Å²) in [6, 6.07) is 0. The number of hydrogen-bond donors (Lipinski definition) is 2. The third kappa shape index (κ3) is 31.7. The predicted octanol–water partition coefficient (Wildman–Crippen LogP) is 9.29. The Bertz CT molecular complexity index is 281. The average Bonchev–Trinajstić information content (AvgIpc) is 2.63. The second kappa shape index (κ2) is 26.8. The molecule has 1 N–H and O–H groups in total. The Labute approximate surface area is 190 Å². The topological polar surface area (TPSA) is 20.2 Å². The molecule has 0 radical (unpaired) electrons. The number of unbranched alkanes of at least 4 members (excludes halogenated alkanes) is 13. The lowest BCUT2D eigenvalue weighted by Crippen LogP contribution is -2.05. The van der Waals surface area contributed by atoms with Crippen LogP contribution in [0.1, 0.15) is 116 Å². The van der Waals surface area contributed by atoms with Gasteiger partial charge in [-0.15, -0.1) is 23.2 Å². The van der Waals surface area contributed by atoms with E-state index in [-0.39, 0.29) is 10.4 Å². The monoisotopic (exact) mass is 458 g/mol. The van der Waals surface area contributed by atoms with Crippen LogP contribution < -0.4 is 0 Å². The summed E-state index contributed by atoms with van der Waals surface area (Å²) in [6.45, 7) is 2.23. The highest BCUT2D eigenvalue weighted by Gasteiger charge is 2.06. The normalized spacial score (nSPS) is 11.7. The SMILES string of the molecule is CCCCCCCCCC(Cl)CC(O)=S.SCCCCCCCCCCCl. The van der Waals surface area contributed by atoms with Gasteiger partial charge in [0.15, 0.2) is 5.05 Å². The Morgan fingerprint density at radius 3 is 1.70 bits per heavy atom. The van der Waals surface area contributed by atoms with E-state index in [9.17, 15) is 0 Å². The van der Waals surface area contributed by atoms with E-state index in [2.05, 4.69) is 31.8 Å². The number of thiol groups is 1. The molecule has 1 atom stereocenters. The summed E-state index contributed by atoms with van der Waals surface area (Å²) in [6.07, 6.45) is 21.2. The van der Waals surface area contributed by atoms with Gasteiger partial charge >= 0.3 is 0 Å². The zero-order valence-corrected chi connectivity index (χ0v) is 20.8. The summed E-state index contributed by atoms with van der Waals surface area (Å²) in [5.41, 5.74) is 0. The summed E-state index contributed by atoms with van der Waals surface area (Å²) in [7, 11) is 0. The highest BCUT2D eigenvalue weighted by molar-refractivity contribution is 7.80. The summed E-state index contributed by atoms with van der Waals surface area (Å²) < 4.78 is 0. The van der Waals surface area contributed by atoms with Crippen LogP contribution in [0.15, 0.2) is 0 Å². The first-order valence-electron chi connectivity index (χ1n) is 11.1. The predicted molar refractivity (Wildman–Crippen MR) is 134 cm³/mol. The van der Waals surface area contributed by atoms with Gasteiger partial charge in [-0.1, -0.05) is 90.4 Å². The standard InChI is InChI=1S/C12H23ClOS.C10H21ClS/c1-2-3-4-5-6-7-8-9-11(13)10-12(14)15;11-9-7-5-3-1-2-4-6-8-10-12/h11H,2-10H2,1H3,(H,14,15);12H,1-10H2. The number of rotatable bonds is 19. The van der Waals surface area contributed by atoms with Crippen molar-refractivity contribution >= 4 is 53.1 Å². The van der Waals surface area contributed by atoms with Crippen LogP contribution in [0.5, 0.6) is 0 Å². The van der Waals surface area contributed by atoms with E-state index in [1.165, 1.54) is 89.9 Å². The molecule has 0 spiro atoms. The van der Waals surface area contributed by atoms with E-state index < -0.39 is 0 Å². The second-order valence-corrected chi connectivity index (χ2v) is 9.26. The fourth-order valence-corrected chi connectivity index (χ4v) is 3.89. The molecule has 0 rings (SSSR count). The molecule has 0 bridgehead atoms. The zero-order chi connectivity index (χ0) is 20.6. The van der Waals surface area contributed by atoms with E-state index in [0.29, 0.717) is 6.42 Å². The first kappa shape index (κ1) is 30.0. The first-order valence-corrected chi connectivity index (χ1v) is 13.1. The van der Waals surface area contributed by atoms with Crippen molar-refractivity contribution in [3.8, 4) is 0 Å². The zero-order valence-electron chi connectivity index (χ0n) is 17.6. The summed E-state index contributed by atoms with van der Waals surface area (Å²) in [4.78, 5) is 0. The third-order valence-electron chi connectivity index (χ3n) is 4.56. The third-order valence-corrected chi connectivity index (χ3v) is 5.68. The van der Waals surface area contributed by atoms with Crippen molar-refractivity contribution in [2.45, 2.75) is 121 Å². The van der Waals surface area contributed by atoms with Gasteiger partial charge < -0.3 is 5.11 Å². The smallest absolute Gasteiger partial charge is 0.157 e. The number of hydrogen-bond acceptors (Lipinski definition) is 2. The van der Waals surface area contributed by atoms with Gasteiger partial charge in [0, 0.05) is 17.7 Å². The van der Waals surface area contributed by atoms with Gasteiger partial charge in [-0.2, -0.15) is 12.6 Å². The molecule has 27 heavy (non-hydrogen) atoms. The lowest BCUT2D eigenvalue weighted by Gasteiger charge is -2.07. The van der Waals surface area contributed by atoms with Gasteiger partial charge in [-0.25, -0.2) is 0 Å². The average molecular weight is 460 g/mol. The van der Waals surface area contributed by atoms with Crippen molar-refractivity contribution in [3.05, 3.63) is 0 Å².